The predicted molar refractivity (Wildman–Crippen MR) is 112 cm³/mol. The maximum absolute atomic E-state index is 14.4. The van der Waals surface area contributed by atoms with Gasteiger partial charge in [0, 0.05) is 11.5 Å². The van der Waals surface area contributed by atoms with E-state index in [0.717, 1.165) is 5.56 Å². The van der Waals surface area contributed by atoms with Crippen LogP contribution < -0.4 is 20.3 Å². The van der Waals surface area contributed by atoms with E-state index in [1.54, 1.807) is 26.0 Å². The number of hydrogen-bond acceptors (Lipinski definition) is 6. The molecule has 0 aliphatic carbocycles. The number of anilines is 3. The van der Waals surface area contributed by atoms with Gasteiger partial charge < -0.3 is 14.8 Å². The molecule has 162 valence electrons. The third-order valence-corrected chi connectivity index (χ3v) is 6.64. The van der Waals surface area contributed by atoms with Gasteiger partial charge in [-0.05, 0) is 38.0 Å². The molecule has 10 heteroatoms. The third-order valence-electron chi connectivity index (χ3n) is 5.35. The van der Waals surface area contributed by atoms with E-state index in [4.69, 9.17) is 9.47 Å². The Bertz CT molecular complexity index is 1140. The Morgan fingerprint density at radius 3 is 2.67 bits per heavy atom. The van der Waals surface area contributed by atoms with Crippen LogP contribution in [0.25, 0.3) is 0 Å². The smallest absolute Gasteiger partial charge is 0.258 e. The molecule has 0 unspecified atom stereocenters. The number of rotatable bonds is 7. The van der Waals surface area contributed by atoms with Gasteiger partial charge in [-0.2, -0.15) is 0 Å². The molecule has 0 atom stereocenters. The van der Waals surface area contributed by atoms with Crippen LogP contribution in [0.4, 0.5) is 21.5 Å². The van der Waals surface area contributed by atoms with Crippen LogP contribution in [0.2, 0.25) is 0 Å². The van der Waals surface area contributed by atoms with E-state index in [-0.39, 0.29) is 52.3 Å². The molecule has 0 bridgehead atoms. The number of fused-ring (bicyclic) bond motifs is 1. The number of pyridine rings is 1. The molecule has 8 nitrogen and oxygen atoms in total. The van der Waals surface area contributed by atoms with Crippen molar-refractivity contribution in [3.05, 3.63) is 45.5 Å². The van der Waals surface area contributed by atoms with Crippen molar-refractivity contribution < 1.29 is 22.3 Å². The van der Waals surface area contributed by atoms with Crippen molar-refractivity contribution in [1.82, 2.24) is 4.57 Å². The number of sulfonamides is 1. The van der Waals surface area contributed by atoms with Gasteiger partial charge in [0.25, 0.3) is 5.56 Å². The molecule has 30 heavy (non-hydrogen) atoms. The zero-order valence-corrected chi connectivity index (χ0v) is 17.6. The molecule has 1 fully saturated rings. The van der Waals surface area contributed by atoms with E-state index in [2.05, 4.69) is 10.0 Å². The van der Waals surface area contributed by atoms with Crippen LogP contribution in [0, 0.1) is 25.6 Å². The van der Waals surface area contributed by atoms with Crippen LogP contribution in [0.5, 0.6) is 5.88 Å². The molecule has 0 radical (unpaired) electrons. The number of aryl methyl sites for hydroxylation is 1. The summed E-state index contributed by atoms with van der Waals surface area (Å²) in [5.74, 6) is -0.231. The lowest BCUT2D eigenvalue weighted by molar-refractivity contribution is -0.0327. The summed E-state index contributed by atoms with van der Waals surface area (Å²) in [5, 5.41) is 2.90. The minimum Gasteiger partial charge on any atom is -0.475 e. The Hall–Kier alpha value is -2.59. The number of halogens is 1. The van der Waals surface area contributed by atoms with Crippen molar-refractivity contribution in [3.63, 3.8) is 0 Å². The molecule has 2 aromatic rings. The van der Waals surface area contributed by atoms with Crippen LogP contribution in [-0.2, 0) is 21.3 Å². The number of hydrogen-bond donors (Lipinski definition) is 2. The Labute approximate surface area is 174 Å². The number of nitrogens with one attached hydrogen (secondary N) is 2. The standard InChI is InChI=1S/C20H24FN3O5S/c1-12-3-4-16(15(21)9-12)22-17-13(2)19(25)24-6-7-29-20(24)18(17)23-30(26,27)8-5-14-10-28-11-14/h3-4,9,14,22-23H,5-8,10-11H2,1-2H3. The van der Waals surface area contributed by atoms with Gasteiger partial charge in [-0.15, -0.1) is 0 Å². The summed E-state index contributed by atoms with van der Waals surface area (Å²) in [5.41, 5.74) is 1.15. The highest BCUT2D eigenvalue weighted by atomic mass is 32.2. The van der Waals surface area contributed by atoms with Crippen LogP contribution in [0.3, 0.4) is 0 Å². The fourth-order valence-electron chi connectivity index (χ4n) is 3.50. The highest BCUT2D eigenvalue weighted by Crippen LogP contribution is 2.38. The van der Waals surface area contributed by atoms with Gasteiger partial charge in [0.2, 0.25) is 15.9 Å². The Morgan fingerprint density at radius 2 is 2.00 bits per heavy atom. The summed E-state index contributed by atoms with van der Waals surface area (Å²) in [6.45, 7) is 5.04. The minimum absolute atomic E-state index is 0.0863. The minimum atomic E-state index is -3.72. The molecule has 1 saturated heterocycles. The van der Waals surface area contributed by atoms with Crippen molar-refractivity contribution in [2.24, 2.45) is 5.92 Å². The van der Waals surface area contributed by atoms with Crippen molar-refractivity contribution in [1.29, 1.82) is 0 Å². The zero-order chi connectivity index (χ0) is 21.5. The molecule has 0 saturated carbocycles. The Kier molecular flexibility index (Phi) is 5.46. The summed E-state index contributed by atoms with van der Waals surface area (Å²) in [6, 6.07) is 4.63. The van der Waals surface area contributed by atoms with E-state index in [0.29, 0.717) is 26.2 Å². The van der Waals surface area contributed by atoms with E-state index < -0.39 is 15.8 Å². The van der Waals surface area contributed by atoms with Crippen molar-refractivity contribution >= 4 is 27.1 Å². The fourth-order valence-corrected chi connectivity index (χ4v) is 4.75. The summed E-state index contributed by atoms with van der Waals surface area (Å²) in [7, 11) is -3.72. The molecule has 0 spiro atoms. The van der Waals surface area contributed by atoms with Gasteiger partial charge in [-0.1, -0.05) is 6.07 Å². The molecular formula is C20H24FN3O5S. The van der Waals surface area contributed by atoms with Gasteiger partial charge in [-0.25, -0.2) is 12.8 Å². The maximum atomic E-state index is 14.4. The summed E-state index contributed by atoms with van der Waals surface area (Å²) < 4.78 is 54.6. The molecule has 2 aliphatic heterocycles. The monoisotopic (exact) mass is 437 g/mol. The van der Waals surface area contributed by atoms with E-state index in [1.807, 2.05) is 0 Å². The van der Waals surface area contributed by atoms with Gasteiger partial charge >= 0.3 is 0 Å². The van der Waals surface area contributed by atoms with Crippen LogP contribution in [0.15, 0.2) is 23.0 Å². The predicted octanol–water partition coefficient (Wildman–Crippen LogP) is 2.52. The van der Waals surface area contributed by atoms with Crippen molar-refractivity contribution in [3.8, 4) is 5.88 Å². The average Bonchev–Trinajstić information content (AvgIpc) is 3.12. The molecule has 1 aromatic carbocycles. The van der Waals surface area contributed by atoms with E-state index >= 15 is 0 Å². The lowest BCUT2D eigenvalue weighted by Crippen LogP contribution is -2.31. The van der Waals surface area contributed by atoms with Crippen LogP contribution >= 0.6 is 0 Å². The summed E-state index contributed by atoms with van der Waals surface area (Å²) in [6.07, 6.45) is 0.472. The molecule has 1 aromatic heterocycles. The zero-order valence-electron chi connectivity index (χ0n) is 16.8. The van der Waals surface area contributed by atoms with Crippen molar-refractivity contribution in [2.75, 3.05) is 35.6 Å². The summed E-state index contributed by atoms with van der Waals surface area (Å²) in [4.78, 5) is 12.7. The second-order valence-corrected chi connectivity index (χ2v) is 9.55. The first-order chi connectivity index (χ1) is 14.2. The van der Waals surface area contributed by atoms with Crippen molar-refractivity contribution in [2.45, 2.75) is 26.8 Å². The Morgan fingerprint density at radius 1 is 1.23 bits per heavy atom. The first-order valence-corrected chi connectivity index (χ1v) is 11.4. The molecule has 2 N–H and O–H groups in total. The Balaban J connectivity index is 1.73. The third kappa shape index (κ3) is 4.01. The van der Waals surface area contributed by atoms with E-state index in [1.165, 1.54) is 10.6 Å². The molecule has 4 rings (SSSR count). The lowest BCUT2D eigenvalue weighted by Gasteiger charge is -2.26. The number of nitrogens with zero attached hydrogens (tertiary/aromatic N) is 1. The molecule has 3 heterocycles. The first kappa shape index (κ1) is 20.7. The lowest BCUT2D eigenvalue weighted by atomic mass is 10.1. The summed E-state index contributed by atoms with van der Waals surface area (Å²) >= 11 is 0. The van der Waals surface area contributed by atoms with Crippen LogP contribution in [0.1, 0.15) is 17.5 Å². The van der Waals surface area contributed by atoms with Gasteiger partial charge in [0.05, 0.1) is 36.9 Å². The average molecular weight is 437 g/mol. The first-order valence-electron chi connectivity index (χ1n) is 9.77. The number of ether oxygens (including phenoxy) is 2. The topological polar surface area (TPSA) is 98.7 Å². The molecule has 2 aliphatic rings. The maximum Gasteiger partial charge on any atom is 0.258 e. The fraction of sp³-hybridized carbons (Fsp3) is 0.450. The quantitative estimate of drug-likeness (QED) is 0.691. The van der Waals surface area contributed by atoms with Gasteiger partial charge in [0.1, 0.15) is 18.1 Å². The van der Waals surface area contributed by atoms with Crippen LogP contribution in [-0.4, -0.2) is 38.6 Å². The number of benzene rings is 1. The SMILES string of the molecule is Cc1ccc(Nc2c(NS(=O)(=O)CCC3COC3)c3n(c(=O)c2C)CCO3)c(F)c1. The largest absolute Gasteiger partial charge is 0.475 e. The molecular weight excluding hydrogens is 413 g/mol. The second kappa shape index (κ2) is 7.92. The number of aromatic nitrogens is 1. The second-order valence-electron chi connectivity index (χ2n) is 7.71. The highest BCUT2D eigenvalue weighted by Gasteiger charge is 2.29. The van der Waals surface area contributed by atoms with Gasteiger partial charge in [0.15, 0.2) is 0 Å². The van der Waals surface area contributed by atoms with Gasteiger partial charge in [-0.3, -0.25) is 14.1 Å². The highest BCUT2D eigenvalue weighted by molar-refractivity contribution is 7.92. The normalized spacial score (nSPS) is 16.0. The molecule has 0 amide bonds. The van der Waals surface area contributed by atoms with E-state index in [9.17, 15) is 17.6 Å².